The van der Waals surface area contributed by atoms with Gasteiger partial charge in [0.15, 0.2) is 11.6 Å². The van der Waals surface area contributed by atoms with Gasteiger partial charge in [-0.1, -0.05) is 42.0 Å². The van der Waals surface area contributed by atoms with Crippen LogP contribution < -0.4 is 9.64 Å². The zero-order valence-electron chi connectivity index (χ0n) is 18.0. The number of anilines is 1. The van der Waals surface area contributed by atoms with Gasteiger partial charge in [0, 0.05) is 17.3 Å². The molecule has 1 aliphatic rings. The molecular formula is C26H21F2NO4. The lowest BCUT2D eigenvalue weighted by molar-refractivity contribution is -0.132. The third-order valence-corrected chi connectivity index (χ3v) is 5.44. The van der Waals surface area contributed by atoms with Crippen molar-refractivity contribution in [2.24, 2.45) is 0 Å². The fraction of sp³-hybridized carbons (Fsp3) is 0.154. The number of Topliss-reactive ketones (excluding diaryl/α,β-unsaturated/α-hetero) is 1. The summed E-state index contributed by atoms with van der Waals surface area (Å²) in [6, 6.07) is 15.4. The van der Waals surface area contributed by atoms with Crippen molar-refractivity contribution in [3.05, 3.63) is 101 Å². The highest BCUT2D eigenvalue weighted by molar-refractivity contribution is 6.51. The van der Waals surface area contributed by atoms with Gasteiger partial charge in [-0.25, -0.2) is 8.78 Å². The number of hydrogen-bond acceptors (Lipinski definition) is 4. The third-order valence-electron chi connectivity index (χ3n) is 5.44. The fourth-order valence-electron chi connectivity index (χ4n) is 3.86. The highest BCUT2D eigenvalue weighted by Gasteiger charge is 2.47. The Morgan fingerprint density at radius 1 is 1.00 bits per heavy atom. The van der Waals surface area contributed by atoms with Crippen LogP contribution in [0, 0.1) is 18.6 Å². The first-order valence-corrected chi connectivity index (χ1v) is 10.4. The monoisotopic (exact) mass is 449 g/mol. The number of nitrogens with zero attached hydrogens (tertiary/aromatic N) is 1. The molecule has 5 nitrogen and oxygen atoms in total. The van der Waals surface area contributed by atoms with Crippen LogP contribution in [0.2, 0.25) is 0 Å². The zero-order chi connectivity index (χ0) is 23.7. The number of carbonyl (C=O) groups excluding carboxylic acids is 2. The van der Waals surface area contributed by atoms with Crippen molar-refractivity contribution in [3.8, 4) is 5.75 Å². The van der Waals surface area contributed by atoms with Crippen LogP contribution in [0.3, 0.4) is 0 Å². The van der Waals surface area contributed by atoms with E-state index in [1.54, 1.807) is 48.5 Å². The van der Waals surface area contributed by atoms with Gasteiger partial charge in [-0.3, -0.25) is 14.5 Å². The summed E-state index contributed by atoms with van der Waals surface area (Å²) in [6.07, 6.45) is 0. The van der Waals surface area contributed by atoms with Crippen LogP contribution in [0.25, 0.3) is 5.76 Å². The molecule has 33 heavy (non-hydrogen) atoms. The fourth-order valence-corrected chi connectivity index (χ4v) is 3.86. The second-order valence-corrected chi connectivity index (χ2v) is 7.64. The number of aryl methyl sites for hydroxylation is 1. The average Bonchev–Trinajstić information content (AvgIpc) is 3.07. The Hall–Kier alpha value is -4.00. The number of ether oxygens (including phenoxy) is 1. The van der Waals surface area contributed by atoms with Gasteiger partial charge < -0.3 is 9.84 Å². The molecule has 4 rings (SSSR count). The Kier molecular flexibility index (Phi) is 5.96. The Balaban J connectivity index is 1.95. The highest BCUT2D eigenvalue weighted by Crippen LogP contribution is 2.43. The lowest BCUT2D eigenvalue weighted by Crippen LogP contribution is -2.29. The van der Waals surface area contributed by atoms with Crippen molar-refractivity contribution in [2.75, 3.05) is 11.5 Å². The second kappa shape index (κ2) is 8.86. The van der Waals surface area contributed by atoms with E-state index in [0.29, 0.717) is 23.5 Å². The van der Waals surface area contributed by atoms with Gasteiger partial charge in [-0.05, 0) is 43.7 Å². The number of aliphatic hydroxyl groups is 1. The first-order valence-electron chi connectivity index (χ1n) is 10.4. The van der Waals surface area contributed by atoms with Crippen LogP contribution in [0.15, 0.2) is 72.3 Å². The standard InChI is InChI=1S/C26H21F2NO4/c1-3-33-19-6-4-5-17(13-19)23-22(24(30)16-9-7-15(2)8-10-16)25(31)26(32)29(23)18-11-12-20(27)21(28)14-18/h4-14,23,30H,3H2,1-2H3/b24-22+. The van der Waals surface area contributed by atoms with Crippen molar-refractivity contribution in [2.45, 2.75) is 19.9 Å². The zero-order valence-corrected chi connectivity index (χ0v) is 18.0. The predicted octanol–water partition coefficient (Wildman–Crippen LogP) is 5.30. The Bertz CT molecular complexity index is 1270. The SMILES string of the molecule is CCOc1cccc(C2/C(=C(\O)c3ccc(C)cc3)C(=O)C(=O)N2c2ccc(F)c(F)c2)c1. The van der Waals surface area contributed by atoms with Crippen molar-refractivity contribution in [3.63, 3.8) is 0 Å². The molecule has 1 aliphatic heterocycles. The quantitative estimate of drug-likeness (QED) is 0.326. The summed E-state index contributed by atoms with van der Waals surface area (Å²) in [7, 11) is 0. The Labute approximate surface area is 189 Å². The van der Waals surface area contributed by atoms with Gasteiger partial charge >= 0.3 is 0 Å². The second-order valence-electron chi connectivity index (χ2n) is 7.64. The summed E-state index contributed by atoms with van der Waals surface area (Å²) in [5.41, 5.74) is 1.62. The molecule has 0 aliphatic carbocycles. The van der Waals surface area contributed by atoms with Gasteiger partial charge in [-0.15, -0.1) is 0 Å². The summed E-state index contributed by atoms with van der Waals surface area (Å²) >= 11 is 0. The first kappa shape index (κ1) is 22.2. The lowest BCUT2D eigenvalue weighted by Gasteiger charge is -2.26. The minimum atomic E-state index is -1.16. The molecule has 168 valence electrons. The molecule has 1 amide bonds. The molecule has 1 saturated heterocycles. The van der Waals surface area contributed by atoms with Gasteiger partial charge in [0.2, 0.25) is 0 Å². The Morgan fingerprint density at radius 2 is 1.73 bits per heavy atom. The minimum Gasteiger partial charge on any atom is -0.507 e. The number of benzene rings is 3. The van der Waals surface area contributed by atoms with Crippen molar-refractivity contribution in [1.29, 1.82) is 0 Å². The topological polar surface area (TPSA) is 66.8 Å². The maximum atomic E-state index is 14.0. The van der Waals surface area contributed by atoms with Crippen molar-refractivity contribution < 1.29 is 28.2 Å². The van der Waals surface area contributed by atoms with E-state index < -0.39 is 29.4 Å². The van der Waals surface area contributed by atoms with Crippen molar-refractivity contribution >= 4 is 23.1 Å². The van der Waals surface area contributed by atoms with Crippen molar-refractivity contribution in [1.82, 2.24) is 0 Å². The van der Waals surface area contributed by atoms with E-state index >= 15 is 0 Å². The highest BCUT2D eigenvalue weighted by atomic mass is 19.2. The van der Waals surface area contributed by atoms with Crippen LogP contribution in [0.1, 0.15) is 29.7 Å². The normalized spacial score (nSPS) is 17.5. The number of carbonyl (C=O) groups is 2. The van der Waals surface area contributed by atoms with Gasteiger partial charge in [0.05, 0.1) is 18.2 Å². The molecule has 3 aromatic carbocycles. The summed E-state index contributed by atoms with van der Waals surface area (Å²) in [5, 5.41) is 11.1. The molecule has 0 bridgehead atoms. The van der Waals surface area contributed by atoms with E-state index in [9.17, 15) is 23.5 Å². The molecule has 0 radical (unpaired) electrons. The average molecular weight is 449 g/mol. The van der Waals surface area contributed by atoms with E-state index in [1.807, 2.05) is 13.8 Å². The minimum absolute atomic E-state index is 0.00855. The molecule has 7 heteroatoms. The number of ketones is 1. The van der Waals surface area contributed by atoms with Gasteiger partial charge in [-0.2, -0.15) is 0 Å². The maximum Gasteiger partial charge on any atom is 0.300 e. The van der Waals surface area contributed by atoms with Crippen LogP contribution in [-0.2, 0) is 9.59 Å². The predicted molar refractivity (Wildman–Crippen MR) is 120 cm³/mol. The van der Waals surface area contributed by atoms with E-state index in [1.165, 1.54) is 6.07 Å². The van der Waals surface area contributed by atoms with E-state index in [2.05, 4.69) is 0 Å². The molecule has 1 N–H and O–H groups in total. The first-order chi connectivity index (χ1) is 15.8. The molecule has 0 aromatic heterocycles. The van der Waals surface area contributed by atoms with E-state index in [0.717, 1.165) is 22.6 Å². The smallest absolute Gasteiger partial charge is 0.300 e. The number of halogens is 2. The summed E-state index contributed by atoms with van der Waals surface area (Å²) in [4.78, 5) is 27.3. The largest absolute Gasteiger partial charge is 0.507 e. The van der Waals surface area contributed by atoms with Gasteiger partial charge in [0.1, 0.15) is 11.5 Å². The molecule has 1 atom stereocenters. The molecule has 3 aromatic rings. The van der Waals surface area contributed by atoms with Crippen LogP contribution in [0.5, 0.6) is 5.75 Å². The molecule has 1 fully saturated rings. The van der Waals surface area contributed by atoms with Crippen LogP contribution >= 0.6 is 0 Å². The molecule has 1 unspecified atom stereocenters. The number of rotatable bonds is 5. The van der Waals surface area contributed by atoms with E-state index in [-0.39, 0.29) is 17.0 Å². The maximum absolute atomic E-state index is 14.0. The third kappa shape index (κ3) is 4.09. The summed E-state index contributed by atoms with van der Waals surface area (Å²) in [5.74, 6) is -3.97. The molecule has 0 spiro atoms. The molecular weight excluding hydrogens is 428 g/mol. The summed E-state index contributed by atoms with van der Waals surface area (Å²) < 4.78 is 33.1. The lowest BCUT2D eigenvalue weighted by atomic mass is 9.94. The van der Waals surface area contributed by atoms with E-state index in [4.69, 9.17) is 4.74 Å². The number of aliphatic hydroxyl groups excluding tert-OH is 1. The number of hydrogen-bond donors (Lipinski definition) is 1. The Morgan fingerprint density at radius 3 is 2.39 bits per heavy atom. The molecule has 1 heterocycles. The number of amides is 1. The van der Waals surface area contributed by atoms with Gasteiger partial charge in [0.25, 0.3) is 11.7 Å². The van der Waals surface area contributed by atoms with Crippen LogP contribution in [0.4, 0.5) is 14.5 Å². The van der Waals surface area contributed by atoms with Crippen LogP contribution in [-0.4, -0.2) is 23.4 Å². The summed E-state index contributed by atoms with van der Waals surface area (Å²) in [6.45, 7) is 4.10. The molecule has 0 saturated carbocycles.